The summed E-state index contributed by atoms with van der Waals surface area (Å²) in [7, 11) is 5.45. The van der Waals surface area contributed by atoms with Gasteiger partial charge in [0.2, 0.25) is 0 Å². The predicted octanol–water partition coefficient (Wildman–Crippen LogP) is 0.947. The molecule has 0 saturated carbocycles. The van der Waals surface area contributed by atoms with Crippen molar-refractivity contribution in [1.82, 2.24) is 14.7 Å². The van der Waals surface area contributed by atoms with Crippen molar-refractivity contribution in [3.05, 3.63) is 29.1 Å². The van der Waals surface area contributed by atoms with Crippen molar-refractivity contribution in [2.75, 3.05) is 20.8 Å². The Morgan fingerprint density at radius 2 is 2.12 bits per heavy atom. The molecule has 0 spiro atoms. The number of nitrogens with zero attached hydrogens (tertiary/aromatic N) is 5. The molecule has 0 amide bonds. The molecule has 7 nitrogen and oxygen atoms in total. The Bertz CT molecular complexity index is 721. The smallest absolute Gasteiger partial charge is 0.135 e. The highest BCUT2D eigenvalue weighted by molar-refractivity contribution is 6.05. The minimum absolute atomic E-state index is 0.0327. The molecule has 4 rings (SSSR count). The molecule has 1 aromatic rings. The third-order valence-corrected chi connectivity index (χ3v) is 5.22. The average molecular weight is 329 g/mol. The van der Waals surface area contributed by atoms with Crippen molar-refractivity contribution in [2.45, 2.75) is 37.6 Å². The second kappa shape index (κ2) is 6.14. The Kier molecular flexibility index (Phi) is 3.97. The van der Waals surface area contributed by atoms with Crippen LogP contribution in [0.15, 0.2) is 27.8 Å². The zero-order valence-electron chi connectivity index (χ0n) is 14.3. The van der Waals surface area contributed by atoms with E-state index in [0.717, 1.165) is 37.3 Å². The van der Waals surface area contributed by atoms with E-state index in [2.05, 4.69) is 26.1 Å². The highest BCUT2D eigenvalue weighted by Crippen LogP contribution is 2.30. The van der Waals surface area contributed by atoms with E-state index < -0.39 is 0 Å². The second-order valence-corrected chi connectivity index (χ2v) is 6.48. The fourth-order valence-corrected chi connectivity index (χ4v) is 3.82. The Morgan fingerprint density at radius 3 is 2.92 bits per heavy atom. The molecule has 128 valence electrons. The maximum atomic E-state index is 5.60. The fourth-order valence-electron chi connectivity index (χ4n) is 3.82. The molecule has 24 heavy (non-hydrogen) atoms. The summed E-state index contributed by atoms with van der Waals surface area (Å²) >= 11 is 0. The number of aryl methyl sites for hydroxylation is 1. The van der Waals surface area contributed by atoms with Crippen molar-refractivity contribution in [1.29, 1.82) is 0 Å². The van der Waals surface area contributed by atoms with Gasteiger partial charge in [0.25, 0.3) is 0 Å². The van der Waals surface area contributed by atoms with E-state index in [1.54, 1.807) is 20.6 Å². The van der Waals surface area contributed by atoms with Gasteiger partial charge in [-0.25, -0.2) is 4.99 Å². The Balaban J connectivity index is 1.64. The SMILES string of the molecule is COC1C=C2C(N3CCc4cnn(C)c4C3)=NC=NC2CC1OC. The number of aromatic nitrogens is 2. The van der Waals surface area contributed by atoms with Crippen LogP contribution in [0.2, 0.25) is 0 Å². The highest BCUT2D eigenvalue weighted by atomic mass is 16.5. The van der Waals surface area contributed by atoms with Gasteiger partial charge in [0.1, 0.15) is 18.3 Å². The molecule has 3 unspecified atom stereocenters. The molecular weight excluding hydrogens is 306 g/mol. The summed E-state index contributed by atoms with van der Waals surface area (Å²) in [6.07, 6.45) is 7.59. The normalized spacial score (nSPS) is 29.0. The van der Waals surface area contributed by atoms with Crippen LogP contribution in [0.4, 0.5) is 0 Å². The first-order chi connectivity index (χ1) is 11.7. The number of rotatable bonds is 2. The lowest BCUT2D eigenvalue weighted by atomic mass is 9.88. The van der Waals surface area contributed by atoms with Gasteiger partial charge in [-0.3, -0.25) is 9.67 Å². The van der Waals surface area contributed by atoms with Gasteiger partial charge in [0.05, 0.1) is 30.6 Å². The Labute approximate surface area is 141 Å². The number of aliphatic imine (C=N–C) groups is 2. The van der Waals surface area contributed by atoms with Gasteiger partial charge < -0.3 is 14.4 Å². The summed E-state index contributed by atoms with van der Waals surface area (Å²) in [4.78, 5) is 11.5. The zero-order valence-corrected chi connectivity index (χ0v) is 14.3. The number of fused-ring (bicyclic) bond motifs is 2. The molecule has 1 aromatic heterocycles. The molecule has 3 aliphatic rings. The first-order valence-corrected chi connectivity index (χ1v) is 8.33. The van der Waals surface area contributed by atoms with Crippen LogP contribution in [0.25, 0.3) is 0 Å². The van der Waals surface area contributed by atoms with E-state index in [1.165, 1.54) is 11.3 Å². The van der Waals surface area contributed by atoms with Crippen LogP contribution in [0.5, 0.6) is 0 Å². The maximum absolute atomic E-state index is 5.60. The molecular formula is C17H23N5O2. The maximum Gasteiger partial charge on any atom is 0.135 e. The van der Waals surface area contributed by atoms with Crippen LogP contribution in [0.3, 0.4) is 0 Å². The quantitative estimate of drug-likeness (QED) is 0.810. The van der Waals surface area contributed by atoms with Gasteiger partial charge in [-0.05, 0) is 18.1 Å². The molecule has 1 aliphatic carbocycles. The van der Waals surface area contributed by atoms with Crippen LogP contribution >= 0.6 is 0 Å². The Morgan fingerprint density at radius 1 is 1.25 bits per heavy atom. The largest absolute Gasteiger partial charge is 0.378 e. The van der Waals surface area contributed by atoms with Crippen LogP contribution in [0, 0.1) is 0 Å². The lowest BCUT2D eigenvalue weighted by molar-refractivity contribution is -0.0220. The average Bonchev–Trinajstić information content (AvgIpc) is 3.00. The van der Waals surface area contributed by atoms with Crippen LogP contribution < -0.4 is 0 Å². The van der Waals surface area contributed by atoms with Crippen molar-refractivity contribution < 1.29 is 9.47 Å². The molecule has 3 atom stereocenters. The summed E-state index contributed by atoms with van der Waals surface area (Å²) in [5.41, 5.74) is 3.75. The van der Waals surface area contributed by atoms with E-state index in [0.29, 0.717) is 0 Å². The van der Waals surface area contributed by atoms with Crippen LogP contribution in [-0.2, 0) is 29.5 Å². The van der Waals surface area contributed by atoms with Gasteiger partial charge in [-0.1, -0.05) is 0 Å². The van der Waals surface area contributed by atoms with Gasteiger partial charge in [-0.15, -0.1) is 0 Å². The first kappa shape index (κ1) is 15.5. The molecule has 0 aromatic carbocycles. The van der Waals surface area contributed by atoms with E-state index in [1.807, 2.05) is 17.9 Å². The van der Waals surface area contributed by atoms with Crippen molar-refractivity contribution in [3.8, 4) is 0 Å². The molecule has 0 N–H and O–H groups in total. The van der Waals surface area contributed by atoms with Gasteiger partial charge in [-0.2, -0.15) is 5.10 Å². The monoisotopic (exact) mass is 329 g/mol. The summed E-state index contributed by atoms with van der Waals surface area (Å²) < 4.78 is 13.1. The van der Waals surface area contributed by atoms with Gasteiger partial charge in [0, 0.05) is 39.8 Å². The van der Waals surface area contributed by atoms with E-state index in [9.17, 15) is 0 Å². The molecule has 0 fully saturated rings. The molecule has 7 heteroatoms. The van der Waals surface area contributed by atoms with Gasteiger partial charge in [0.15, 0.2) is 0 Å². The predicted molar refractivity (Wildman–Crippen MR) is 91.3 cm³/mol. The number of amidine groups is 1. The molecule has 0 bridgehead atoms. The zero-order chi connectivity index (χ0) is 16.7. The number of hydrogen-bond acceptors (Lipinski definition) is 6. The van der Waals surface area contributed by atoms with Crippen LogP contribution in [-0.4, -0.2) is 65.9 Å². The standard InChI is InChI=1S/C17H23N5O2/c1-21-14-9-22(5-4-11(14)8-20-21)17-12-6-15(23-2)16(24-3)7-13(12)18-10-19-17/h6,8,10,13,15-16H,4-5,7,9H2,1-3H3. The second-order valence-electron chi connectivity index (χ2n) is 6.48. The topological polar surface area (TPSA) is 64.2 Å². The van der Waals surface area contributed by atoms with E-state index in [-0.39, 0.29) is 18.2 Å². The summed E-state index contributed by atoms with van der Waals surface area (Å²) in [5, 5.41) is 4.38. The van der Waals surface area contributed by atoms with E-state index in [4.69, 9.17) is 9.47 Å². The van der Waals surface area contributed by atoms with Crippen molar-refractivity contribution in [2.24, 2.45) is 17.0 Å². The van der Waals surface area contributed by atoms with Crippen LogP contribution in [0.1, 0.15) is 17.7 Å². The molecule has 3 heterocycles. The molecule has 0 saturated heterocycles. The number of ether oxygens (including phenoxy) is 2. The van der Waals surface area contributed by atoms with Crippen molar-refractivity contribution >= 4 is 12.2 Å². The Hall–Kier alpha value is -1.99. The van der Waals surface area contributed by atoms with E-state index >= 15 is 0 Å². The number of hydrogen-bond donors (Lipinski definition) is 0. The highest BCUT2D eigenvalue weighted by Gasteiger charge is 2.36. The summed E-state index contributed by atoms with van der Waals surface area (Å²) in [5.74, 6) is 1.01. The van der Waals surface area contributed by atoms with Gasteiger partial charge >= 0.3 is 0 Å². The minimum Gasteiger partial charge on any atom is -0.378 e. The summed E-state index contributed by atoms with van der Waals surface area (Å²) in [6.45, 7) is 1.77. The lowest BCUT2D eigenvalue weighted by Gasteiger charge is -2.38. The number of methoxy groups -OCH3 is 2. The fraction of sp³-hybridized carbons (Fsp3) is 0.588. The summed E-state index contributed by atoms with van der Waals surface area (Å²) in [6, 6.07) is 0.0989. The molecule has 0 radical (unpaired) electrons. The minimum atomic E-state index is -0.0585. The van der Waals surface area contributed by atoms with Crippen molar-refractivity contribution in [3.63, 3.8) is 0 Å². The third kappa shape index (κ3) is 2.48. The first-order valence-electron chi connectivity index (χ1n) is 8.33. The molecule has 2 aliphatic heterocycles. The lowest BCUT2D eigenvalue weighted by Crippen LogP contribution is -2.45. The third-order valence-electron chi connectivity index (χ3n) is 5.22.